The lowest BCUT2D eigenvalue weighted by atomic mass is 9.83. The fraction of sp³-hybridized carbons (Fsp3) is 0.211. The Morgan fingerprint density at radius 2 is 1.44 bits per heavy atom. The molecule has 6 heteroatoms. The number of carbonyl (C=O) groups excluding carboxylic acids is 2. The summed E-state index contributed by atoms with van der Waals surface area (Å²) in [5.74, 6) is 1.44. The Morgan fingerprint density at radius 1 is 0.960 bits per heavy atom. The molecule has 128 valence electrons. The Hall–Kier alpha value is -3.15. The maximum absolute atomic E-state index is 12.2. The minimum absolute atomic E-state index is 0.117. The lowest BCUT2D eigenvalue weighted by Crippen LogP contribution is -2.53. The van der Waals surface area contributed by atoms with Gasteiger partial charge in [0.2, 0.25) is 5.78 Å². The molecule has 0 fully saturated rings. The molecule has 0 saturated heterocycles. The molecule has 3 rings (SSSR count). The SMILES string of the molecule is COc1ccc(C(C=O)(NC2=NCC2=O)c2ccc(OC)cc2)cc1. The van der Waals surface area contributed by atoms with Crippen molar-refractivity contribution >= 4 is 17.9 Å². The fourth-order valence-electron chi connectivity index (χ4n) is 2.70. The van der Waals surface area contributed by atoms with E-state index in [2.05, 4.69) is 10.3 Å². The van der Waals surface area contributed by atoms with Gasteiger partial charge in [-0.25, -0.2) is 0 Å². The van der Waals surface area contributed by atoms with Gasteiger partial charge < -0.3 is 14.8 Å². The summed E-state index contributed by atoms with van der Waals surface area (Å²) < 4.78 is 10.4. The van der Waals surface area contributed by atoms with Gasteiger partial charge in [0.1, 0.15) is 23.6 Å². The highest BCUT2D eigenvalue weighted by Gasteiger charge is 2.38. The number of ketones is 1. The largest absolute Gasteiger partial charge is 0.497 e. The van der Waals surface area contributed by atoms with Crippen molar-refractivity contribution in [3.63, 3.8) is 0 Å². The third-order valence-corrected chi connectivity index (χ3v) is 4.23. The van der Waals surface area contributed by atoms with Crippen molar-refractivity contribution in [2.75, 3.05) is 20.8 Å². The summed E-state index contributed by atoms with van der Waals surface area (Å²) in [6.45, 7) is 0.141. The summed E-state index contributed by atoms with van der Waals surface area (Å²) >= 11 is 0. The zero-order valence-corrected chi connectivity index (χ0v) is 14.0. The van der Waals surface area contributed by atoms with Crippen molar-refractivity contribution < 1.29 is 19.1 Å². The summed E-state index contributed by atoms with van der Waals surface area (Å²) in [7, 11) is 3.15. The molecule has 0 saturated carbocycles. The molecule has 0 spiro atoms. The fourth-order valence-corrected chi connectivity index (χ4v) is 2.70. The summed E-state index contributed by atoms with van der Waals surface area (Å²) in [6.07, 6.45) is 0.782. The normalized spacial score (nSPS) is 13.5. The smallest absolute Gasteiger partial charge is 0.218 e. The second-order valence-corrected chi connectivity index (χ2v) is 5.60. The van der Waals surface area contributed by atoms with Crippen LogP contribution >= 0.6 is 0 Å². The van der Waals surface area contributed by atoms with E-state index in [-0.39, 0.29) is 18.2 Å². The second kappa shape index (κ2) is 6.76. The topological polar surface area (TPSA) is 77.0 Å². The minimum Gasteiger partial charge on any atom is -0.497 e. The molecule has 0 atom stereocenters. The predicted molar refractivity (Wildman–Crippen MR) is 93.3 cm³/mol. The molecule has 0 bridgehead atoms. The van der Waals surface area contributed by atoms with E-state index in [1.807, 2.05) is 0 Å². The van der Waals surface area contributed by atoms with Crippen molar-refractivity contribution in [1.29, 1.82) is 0 Å². The number of nitrogens with zero attached hydrogens (tertiary/aromatic N) is 1. The molecule has 1 aliphatic rings. The average Bonchev–Trinajstić information content (AvgIpc) is 2.68. The first kappa shape index (κ1) is 16.7. The highest BCUT2D eigenvalue weighted by molar-refractivity contribution is 6.44. The number of rotatable bonds is 6. The van der Waals surface area contributed by atoms with E-state index in [1.54, 1.807) is 62.8 Å². The maximum atomic E-state index is 12.2. The molecule has 0 unspecified atom stereocenters. The van der Waals surface area contributed by atoms with Crippen molar-refractivity contribution in [2.45, 2.75) is 5.54 Å². The molecular formula is C19H18N2O4. The second-order valence-electron chi connectivity index (χ2n) is 5.60. The molecule has 6 nitrogen and oxygen atoms in total. The summed E-state index contributed by atoms with van der Waals surface area (Å²) in [5.41, 5.74) is 0.125. The van der Waals surface area contributed by atoms with Crippen LogP contribution in [0.25, 0.3) is 0 Å². The van der Waals surface area contributed by atoms with Crippen LogP contribution in [-0.4, -0.2) is 38.7 Å². The van der Waals surface area contributed by atoms with Crippen LogP contribution in [0, 0.1) is 0 Å². The summed E-state index contributed by atoms with van der Waals surface area (Å²) in [4.78, 5) is 28.0. The number of amidine groups is 1. The van der Waals surface area contributed by atoms with Gasteiger partial charge in [-0.05, 0) is 35.4 Å². The maximum Gasteiger partial charge on any atom is 0.218 e. The molecular weight excluding hydrogens is 320 g/mol. The van der Waals surface area contributed by atoms with Crippen molar-refractivity contribution in [2.24, 2.45) is 4.99 Å². The van der Waals surface area contributed by atoms with Crippen LogP contribution in [0.5, 0.6) is 11.5 Å². The number of hydrogen-bond acceptors (Lipinski definition) is 6. The standard InChI is InChI=1S/C19H18N2O4/c1-24-15-7-3-13(4-8-15)19(12-22,21-18-17(23)11-20-18)14-5-9-16(25-2)10-6-14/h3-10,12H,11H2,1-2H3,(H,20,21). The van der Waals surface area contributed by atoms with E-state index in [0.29, 0.717) is 22.6 Å². The average molecular weight is 338 g/mol. The number of carbonyl (C=O) groups is 2. The van der Waals surface area contributed by atoms with Gasteiger partial charge in [0.15, 0.2) is 12.1 Å². The highest BCUT2D eigenvalue weighted by atomic mass is 16.5. The Morgan fingerprint density at radius 3 is 1.72 bits per heavy atom. The minimum atomic E-state index is -1.23. The van der Waals surface area contributed by atoms with Gasteiger partial charge in [-0.1, -0.05) is 24.3 Å². The Labute approximate surface area is 145 Å². The van der Waals surface area contributed by atoms with Gasteiger partial charge in [0.05, 0.1) is 14.2 Å². The van der Waals surface area contributed by atoms with Crippen LogP contribution in [0.15, 0.2) is 53.5 Å². The predicted octanol–water partition coefficient (Wildman–Crippen LogP) is 1.72. The van der Waals surface area contributed by atoms with Gasteiger partial charge in [-0.15, -0.1) is 0 Å². The van der Waals surface area contributed by atoms with Gasteiger partial charge in [-0.2, -0.15) is 0 Å². The number of ether oxygens (including phenoxy) is 2. The van der Waals surface area contributed by atoms with Crippen LogP contribution in [0.2, 0.25) is 0 Å². The molecule has 1 aliphatic heterocycles. The number of aldehydes is 1. The van der Waals surface area contributed by atoms with Crippen molar-refractivity contribution in [3.8, 4) is 11.5 Å². The Balaban J connectivity index is 2.10. The van der Waals surface area contributed by atoms with Crippen LogP contribution in [-0.2, 0) is 15.1 Å². The highest BCUT2D eigenvalue weighted by Crippen LogP contribution is 2.31. The number of methoxy groups -OCH3 is 2. The first-order valence-corrected chi connectivity index (χ1v) is 7.74. The molecule has 1 N–H and O–H groups in total. The van der Waals surface area contributed by atoms with Gasteiger partial charge >= 0.3 is 0 Å². The van der Waals surface area contributed by atoms with E-state index in [0.717, 1.165) is 6.29 Å². The molecule has 0 aliphatic carbocycles. The third kappa shape index (κ3) is 2.98. The molecule has 2 aromatic carbocycles. The number of Topliss-reactive ketones (excluding diaryl/α,β-unsaturated/α-hetero) is 1. The van der Waals surface area contributed by atoms with E-state index in [1.165, 1.54) is 0 Å². The molecule has 25 heavy (non-hydrogen) atoms. The first-order valence-electron chi connectivity index (χ1n) is 7.74. The van der Waals surface area contributed by atoms with Gasteiger partial charge in [-0.3, -0.25) is 14.6 Å². The van der Waals surface area contributed by atoms with Crippen LogP contribution < -0.4 is 14.8 Å². The molecule has 1 heterocycles. The van der Waals surface area contributed by atoms with Crippen molar-refractivity contribution in [1.82, 2.24) is 5.32 Å². The van der Waals surface area contributed by atoms with E-state index in [9.17, 15) is 9.59 Å². The number of aliphatic imine (C=N–C) groups is 1. The molecule has 0 aromatic heterocycles. The van der Waals surface area contributed by atoms with Gasteiger partial charge in [0.25, 0.3) is 0 Å². The van der Waals surface area contributed by atoms with Crippen molar-refractivity contribution in [3.05, 3.63) is 59.7 Å². The lowest BCUT2D eigenvalue weighted by Gasteiger charge is -2.33. The number of benzene rings is 2. The summed E-state index contributed by atoms with van der Waals surface area (Å²) in [6, 6.07) is 14.2. The number of hydrogen-bond donors (Lipinski definition) is 1. The van der Waals surface area contributed by atoms with Crippen LogP contribution in [0.1, 0.15) is 11.1 Å². The zero-order chi connectivity index (χ0) is 17.9. The molecule has 0 amide bonds. The Kier molecular flexibility index (Phi) is 4.52. The van der Waals surface area contributed by atoms with Crippen LogP contribution in [0.3, 0.4) is 0 Å². The van der Waals surface area contributed by atoms with Crippen LogP contribution in [0.4, 0.5) is 0 Å². The zero-order valence-electron chi connectivity index (χ0n) is 14.0. The quantitative estimate of drug-likeness (QED) is 0.812. The lowest BCUT2D eigenvalue weighted by molar-refractivity contribution is -0.113. The molecule has 2 aromatic rings. The summed E-state index contributed by atoms with van der Waals surface area (Å²) in [5, 5.41) is 3.02. The van der Waals surface area contributed by atoms with Gasteiger partial charge in [0, 0.05) is 0 Å². The number of nitrogens with one attached hydrogen (secondary N) is 1. The van der Waals surface area contributed by atoms with E-state index in [4.69, 9.17) is 9.47 Å². The molecule has 0 radical (unpaired) electrons. The monoisotopic (exact) mass is 338 g/mol. The third-order valence-electron chi connectivity index (χ3n) is 4.23. The van der Waals surface area contributed by atoms with E-state index < -0.39 is 5.54 Å². The first-order chi connectivity index (χ1) is 12.1. The van der Waals surface area contributed by atoms with E-state index >= 15 is 0 Å². The Bertz CT molecular complexity index is 763.